The highest BCUT2D eigenvalue weighted by atomic mass is 16.5. The Bertz CT molecular complexity index is 1230. The van der Waals surface area contributed by atoms with Crippen molar-refractivity contribution in [2.24, 2.45) is 0 Å². The fraction of sp³-hybridized carbons (Fsp3) is 0.333. The van der Waals surface area contributed by atoms with Crippen LogP contribution in [0, 0.1) is 0 Å². The molecule has 170 valence electrons. The third-order valence-corrected chi connectivity index (χ3v) is 7.06. The molecule has 1 spiro atoms. The monoisotopic (exact) mass is 444 g/mol. The smallest absolute Gasteiger partial charge is 0.254 e. The van der Waals surface area contributed by atoms with E-state index in [0.29, 0.717) is 18.7 Å². The minimum absolute atomic E-state index is 0.00667. The molecule has 0 bridgehead atoms. The molecular weight excluding hydrogens is 416 g/mol. The summed E-state index contributed by atoms with van der Waals surface area (Å²) < 4.78 is 11.0. The summed E-state index contributed by atoms with van der Waals surface area (Å²) in [6.45, 7) is 1.04. The zero-order chi connectivity index (χ0) is 23.0. The highest BCUT2D eigenvalue weighted by Gasteiger charge is 2.50. The second-order valence-electron chi connectivity index (χ2n) is 8.76. The van der Waals surface area contributed by atoms with Crippen LogP contribution in [0.4, 0.5) is 0 Å². The molecule has 1 heterocycles. The second kappa shape index (κ2) is 8.43. The summed E-state index contributed by atoms with van der Waals surface area (Å²) >= 11 is 0. The topological polar surface area (TPSA) is 67.9 Å². The average Bonchev–Trinajstić information content (AvgIpc) is 3.34. The Morgan fingerprint density at radius 3 is 2.55 bits per heavy atom. The number of fused-ring (bicyclic) bond motifs is 1. The number of hydrogen-bond donors (Lipinski definition) is 1. The van der Waals surface area contributed by atoms with Gasteiger partial charge in [0.25, 0.3) is 5.91 Å². The fourth-order valence-corrected chi connectivity index (χ4v) is 5.37. The Hall–Kier alpha value is -3.54. The Kier molecular flexibility index (Phi) is 5.44. The van der Waals surface area contributed by atoms with Crippen LogP contribution < -0.4 is 14.8 Å². The summed E-state index contributed by atoms with van der Waals surface area (Å²) in [5, 5.41) is 4.96. The van der Waals surface area contributed by atoms with Gasteiger partial charge in [0, 0.05) is 24.2 Å². The van der Waals surface area contributed by atoms with E-state index in [4.69, 9.17) is 9.47 Å². The van der Waals surface area contributed by atoms with Gasteiger partial charge in [0.1, 0.15) is 17.0 Å². The zero-order valence-electron chi connectivity index (χ0n) is 19.0. The number of hydrogen-bond acceptors (Lipinski definition) is 4. The lowest BCUT2D eigenvalue weighted by Crippen LogP contribution is -2.65. The number of carbonyl (C=O) groups excluding carboxylic acids is 2. The molecule has 0 atom stereocenters. The lowest BCUT2D eigenvalue weighted by atomic mass is 9.90. The van der Waals surface area contributed by atoms with Crippen molar-refractivity contribution in [3.63, 3.8) is 0 Å². The van der Waals surface area contributed by atoms with Crippen molar-refractivity contribution in [2.75, 3.05) is 27.3 Å². The van der Waals surface area contributed by atoms with Gasteiger partial charge >= 0.3 is 0 Å². The van der Waals surface area contributed by atoms with Crippen molar-refractivity contribution in [2.45, 2.75) is 31.2 Å². The molecule has 6 nitrogen and oxygen atoms in total. The molecule has 0 aromatic heterocycles. The molecule has 1 saturated heterocycles. The van der Waals surface area contributed by atoms with E-state index in [0.717, 1.165) is 59.1 Å². The maximum Gasteiger partial charge on any atom is 0.254 e. The highest BCUT2D eigenvalue weighted by molar-refractivity contribution is 6.05. The third kappa shape index (κ3) is 3.50. The molecular formula is C27H28N2O4. The Balaban J connectivity index is 1.56. The van der Waals surface area contributed by atoms with Crippen molar-refractivity contribution in [3.05, 3.63) is 60.2 Å². The van der Waals surface area contributed by atoms with E-state index in [9.17, 15) is 9.59 Å². The lowest BCUT2D eigenvalue weighted by molar-refractivity contribution is -0.134. The minimum atomic E-state index is -0.694. The van der Waals surface area contributed by atoms with Gasteiger partial charge in [-0.15, -0.1) is 0 Å². The van der Waals surface area contributed by atoms with Crippen LogP contribution in [0.25, 0.3) is 21.9 Å². The molecule has 2 fully saturated rings. The standard InChI is InChI=1S/C27H28N2O4/c1-32-20-9-11-24(33-2)23(17-20)22-7-5-6-18-16-19(8-10-21(18)22)25(30)29-15-14-28-26(31)27(29)12-3-4-13-27/h5-11,16-17H,3-4,12-15H2,1-2H3,(H,28,31). The van der Waals surface area contributed by atoms with Crippen LogP contribution in [-0.4, -0.2) is 49.6 Å². The number of rotatable bonds is 4. The van der Waals surface area contributed by atoms with Crippen LogP contribution >= 0.6 is 0 Å². The minimum Gasteiger partial charge on any atom is -0.497 e. The molecule has 33 heavy (non-hydrogen) atoms. The molecule has 2 amide bonds. The van der Waals surface area contributed by atoms with E-state index in [2.05, 4.69) is 5.32 Å². The number of nitrogens with one attached hydrogen (secondary N) is 1. The van der Waals surface area contributed by atoms with E-state index in [-0.39, 0.29) is 11.8 Å². The van der Waals surface area contributed by atoms with Gasteiger partial charge in [-0.3, -0.25) is 9.59 Å². The molecule has 5 rings (SSSR count). The quantitative estimate of drug-likeness (QED) is 0.647. The molecule has 6 heteroatoms. The van der Waals surface area contributed by atoms with Crippen LogP contribution in [0.3, 0.4) is 0 Å². The summed E-state index contributed by atoms with van der Waals surface area (Å²) in [4.78, 5) is 28.2. The molecule has 3 aromatic carbocycles. The first kappa shape index (κ1) is 21.3. The normalized spacial score (nSPS) is 17.3. The summed E-state index contributed by atoms with van der Waals surface area (Å²) in [7, 11) is 3.30. The Morgan fingerprint density at radius 1 is 0.970 bits per heavy atom. The van der Waals surface area contributed by atoms with Gasteiger partial charge in [-0.25, -0.2) is 0 Å². The first-order valence-corrected chi connectivity index (χ1v) is 11.4. The van der Waals surface area contributed by atoms with Crippen LogP contribution in [0.15, 0.2) is 54.6 Å². The first-order valence-electron chi connectivity index (χ1n) is 11.4. The van der Waals surface area contributed by atoms with Crippen molar-refractivity contribution in [1.29, 1.82) is 0 Å². The van der Waals surface area contributed by atoms with Gasteiger partial charge in [-0.05, 0) is 59.5 Å². The predicted molar refractivity (Wildman–Crippen MR) is 128 cm³/mol. The average molecular weight is 445 g/mol. The second-order valence-corrected chi connectivity index (χ2v) is 8.76. The Morgan fingerprint density at radius 2 is 1.79 bits per heavy atom. The number of ether oxygens (including phenoxy) is 2. The molecule has 1 saturated carbocycles. The van der Waals surface area contributed by atoms with E-state index in [1.807, 2.05) is 59.5 Å². The fourth-order valence-electron chi connectivity index (χ4n) is 5.37. The van der Waals surface area contributed by atoms with Crippen LogP contribution in [-0.2, 0) is 4.79 Å². The largest absolute Gasteiger partial charge is 0.497 e. The molecule has 1 aliphatic carbocycles. The first-order chi connectivity index (χ1) is 16.1. The van der Waals surface area contributed by atoms with Gasteiger partial charge in [-0.2, -0.15) is 0 Å². The van der Waals surface area contributed by atoms with Crippen LogP contribution in [0.2, 0.25) is 0 Å². The van der Waals surface area contributed by atoms with Gasteiger partial charge in [-0.1, -0.05) is 37.1 Å². The van der Waals surface area contributed by atoms with Crippen molar-refractivity contribution < 1.29 is 19.1 Å². The summed E-state index contributed by atoms with van der Waals surface area (Å²) in [5.74, 6) is 1.43. The molecule has 0 radical (unpaired) electrons. The van der Waals surface area contributed by atoms with Gasteiger partial charge in [0.2, 0.25) is 5.91 Å². The number of nitrogens with zero attached hydrogens (tertiary/aromatic N) is 1. The number of methoxy groups -OCH3 is 2. The molecule has 3 aromatic rings. The molecule has 2 aliphatic rings. The predicted octanol–water partition coefficient (Wildman–Crippen LogP) is 4.41. The molecule has 1 N–H and O–H groups in total. The van der Waals surface area contributed by atoms with Crippen LogP contribution in [0.5, 0.6) is 11.5 Å². The number of piperazine rings is 1. The van der Waals surface area contributed by atoms with Gasteiger partial charge < -0.3 is 19.7 Å². The zero-order valence-corrected chi connectivity index (χ0v) is 19.0. The van der Waals surface area contributed by atoms with E-state index in [1.54, 1.807) is 14.2 Å². The van der Waals surface area contributed by atoms with Crippen molar-refractivity contribution >= 4 is 22.6 Å². The van der Waals surface area contributed by atoms with Crippen molar-refractivity contribution in [1.82, 2.24) is 10.2 Å². The van der Waals surface area contributed by atoms with E-state index in [1.165, 1.54) is 0 Å². The number of benzene rings is 3. The van der Waals surface area contributed by atoms with Gasteiger partial charge in [0.05, 0.1) is 14.2 Å². The number of amides is 2. The van der Waals surface area contributed by atoms with Gasteiger partial charge in [0.15, 0.2) is 0 Å². The highest BCUT2D eigenvalue weighted by Crippen LogP contribution is 2.40. The van der Waals surface area contributed by atoms with Crippen LogP contribution in [0.1, 0.15) is 36.0 Å². The van der Waals surface area contributed by atoms with E-state index < -0.39 is 5.54 Å². The third-order valence-electron chi connectivity index (χ3n) is 7.06. The summed E-state index contributed by atoms with van der Waals surface area (Å²) in [6.07, 6.45) is 3.41. The van der Waals surface area contributed by atoms with E-state index >= 15 is 0 Å². The maximum absolute atomic E-state index is 13.6. The Labute approximate surface area is 193 Å². The number of carbonyl (C=O) groups is 2. The maximum atomic E-state index is 13.6. The molecule has 0 unspecified atom stereocenters. The summed E-state index contributed by atoms with van der Waals surface area (Å²) in [5.41, 5.74) is 1.85. The summed E-state index contributed by atoms with van der Waals surface area (Å²) in [6, 6.07) is 17.6. The van der Waals surface area contributed by atoms with Crippen molar-refractivity contribution in [3.8, 4) is 22.6 Å². The lowest BCUT2D eigenvalue weighted by Gasteiger charge is -2.43. The SMILES string of the molecule is COc1ccc(OC)c(-c2cccc3cc(C(=O)N4CCNC(=O)C45CCCC5)ccc23)c1. The molecule has 1 aliphatic heterocycles.